The van der Waals surface area contributed by atoms with Gasteiger partial charge in [-0.1, -0.05) is 26.3 Å². The lowest BCUT2D eigenvalue weighted by Crippen LogP contribution is -2.47. The number of rotatable bonds is 12. The van der Waals surface area contributed by atoms with Gasteiger partial charge in [0.15, 0.2) is 0 Å². The standard InChI is InChI=1S/C25H37N3O4/c1-7-9-16-27(17-20-12-11-15-26(20)4)23(29)18-28(19(3)8-2)25(30)24-21(31-5)13-10-14-22(24)32-6/h10-15,19H,7-9,16-18H2,1-6H3. The number of carbonyl (C=O) groups is 2. The smallest absolute Gasteiger partial charge is 0.262 e. The van der Waals surface area contributed by atoms with Gasteiger partial charge >= 0.3 is 0 Å². The molecule has 1 unspecified atom stereocenters. The van der Waals surface area contributed by atoms with Crippen LogP contribution in [-0.4, -0.2) is 59.5 Å². The Morgan fingerprint density at radius 3 is 2.22 bits per heavy atom. The van der Waals surface area contributed by atoms with Crippen LogP contribution in [0, 0.1) is 0 Å². The number of aromatic nitrogens is 1. The first-order valence-corrected chi connectivity index (χ1v) is 11.3. The van der Waals surface area contributed by atoms with Crippen LogP contribution in [0.5, 0.6) is 11.5 Å². The summed E-state index contributed by atoms with van der Waals surface area (Å²) in [6.45, 7) is 7.25. The zero-order chi connectivity index (χ0) is 23.7. The molecular weight excluding hydrogens is 406 g/mol. The van der Waals surface area contributed by atoms with Crippen LogP contribution in [0.4, 0.5) is 0 Å². The monoisotopic (exact) mass is 443 g/mol. The zero-order valence-corrected chi connectivity index (χ0v) is 20.3. The fourth-order valence-electron chi connectivity index (χ4n) is 3.60. The van der Waals surface area contributed by atoms with Gasteiger partial charge in [-0.2, -0.15) is 0 Å². The molecule has 1 heterocycles. The molecule has 0 aliphatic carbocycles. The minimum atomic E-state index is -0.267. The molecule has 7 nitrogen and oxygen atoms in total. The molecule has 176 valence electrons. The Bertz CT molecular complexity index is 871. The van der Waals surface area contributed by atoms with E-state index in [-0.39, 0.29) is 24.4 Å². The Morgan fingerprint density at radius 1 is 1.06 bits per heavy atom. The Labute approximate surface area is 191 Å². The highest BCUT2D eigenvalue weighted by atomic mass is 16.5. The number of benzene rings is 1. The third-order valence-corrected chi connectivity index (χ3v) is 5.87. The van der Waals surface area contributed by atoms with Crippen molar-refractivity contribution in [2.24, 2.45) is 7.05 Å². The quantitative estimate of drug-likeness (QED) is 0.495. The summed E-state index contributed by atoms with van der Waals surface area (Å²) in [6, 6.07) is 9.11. The molecule has 0 N–H and O–H groups in total. The number of carbonyl (C=O) groups excluding carboxylic acids is 2. The molecular formula is C25H37N3O4. The lowest BCUT2D eigenvalue weighted by molar-refractivity contribution is -0.133. The summed E-state index contributed by atoms with van der Waals surface area (Å²) >= 11 is 0. The van der Waals surface area contributed by atoms with Crippen molar-refractivity contribution in [2.75, 3.05) is 27.3 Å². The Morgan fingerprint density at radius 2 is 1.72 bits per heavy atom. The highest BCUT2D eigenvalue weighted by molar-refractivity contribution is 6.01. The summed E-state index contributed by atoms with van der Waals surface area (Å²) in [5.41, 5.74) is 1.40. The summed E-state index contributed by atoms with van der Waals surface area (Å²) in [6.07, 6.45) is 4.60. The van der Waals surface area contributed by atoms with E-state index >= 15 is 0 Å². The Kier molecular flexibility index (Phi) is 9.62. The van der Waals surface area contributed by atoms with Crippen molar-refractivity contribution >= 4 is 11.8 Å². The number of methoxy groups -OCH3 is 2. The molecule has 7 heteroatoms. The maximum Gasteiger partial charge on any atom is 0.262 e. The molecule has 1 aromatic carbocycles. The number of ether oxygens (including phenoxy) is 2. The molecule has 0 aliphatic heterocycles. The minimum absolute atomic E-state index is 0.00315. The van der Waals surface area contributed by atoms with Crippen LogP contribution in [0.1, 0.15) is 56.1 Å². The molecule has 0 bridgehead atoms. The maximum atomic E-state index is 13.6. The molecule has 2 amide bonds. The summed E-state index contributed by atoms with van der Waals surface area (Å²) in [4.78, 5) is 30.5. The molecule has 32 heavy (non-hydrogen) atoms. The summed E-state index contributed by atoms with van der Waals surface area (Å²) in [5.74, 6) is 0.530. The van der Waals surface area contributed by atoms with Crippen LogP contribution >= 0.6 is 0 Å². The van der Waals surface area contributed by atoms with Crippen LogP contribution in [0.15, 0.2) is 36.5 Å². The minimum Gasteiger partial charge on any atom is -0.496 e. The summed E-state index contributed by atoms with van der Waals surface area (Å²) < 4.78 is 12.9. The van der Waals surface area contributed by atoms with Crippen molar-refractivity contribution in [1.29, 1.82) is 0 Å². The fourth-order valence-corrected chi connectivity index (χ4v) is 3.60. The second kappa shape index (κ2) is 12.2. The van der Waals surface area contributed by atoms with Gasteiger partial charge in [0.2, 0.25) is 5.91 Å². The number of hydrogen-bond acceptors (Lipinski definition) is 4. The third-order valence-electron chi connectivity index (χ3n) is 5.87. The number of unbranched alkanes of at least 4 members (excludes halogenated alkanes) is 1. The van der Waals surface area contributed by atoms with Gasteiger partial charge in [0, 0.05) is 31.5 Å². The highest BCUT2D eigenvalue weighted by Gasteiger charge is 2.29. The fraction of sp³-hybridized carbons (Fsp3) is 0.520. The first kappa shape index (κ1) is 25.3. The van der Waals surface area contributed by atoms with Gasteiger partial charge in [-0.05, 0) is 44.0 Å². The summed E-state index contributed by atoms with van der Waals surface area (Å²) in [7, 11) is 5.02. The number of nitrogens with zero attached hydrogens (tertiary/aromatic N) is 3. The predicted octanol–water partition coefficient (Wildman–Crippen LogP) is 4.11. The molecule has 0 spiro atoms. The molecule has 0 fully saturated rings. The lowest BCUT2D eigenvalue weighted by atomic mass is 10.1. The second-order valence-electron chi connectivity index (χ2n) is 8.01. The van der Waals surface area contributed by atoms with E-state index in [0.29, 0.717) is 30.2 Å². The first-order valence-electron chi connectivity index (χ1n) is 11.3. The van der Waals surface area contributed by atoms with Gasteiger partial charge < -0.3 is 23.8 Å². The van der Waals surface area contributed by atoms with Crippen LogP contribution in [0.25, 0.3) is 0 Å². The van der Waals surface area contributed by atoms with Gasteiger partial charge in [0.05, 0.1) is 20.8 Å². The normalized spacial score (nSPS) is 11.7. The molecule has 2 aromatic rings. The maximum absolute atomic E-state index is 13.6. The van der Waals surface area contributed by atoms with Crippen LogP contribution in [0.3, 0.4) is 0 Å². The third kappa shape index (κ3) is 6.05. The van der Waals surface area contributed by atoms with Gasteiger partial charge in [-0.15, -0.1) is 0 Å². The van der Waals surface area contributed by atoms with Crippen molar-refractivity contribution in [1.82, 2.24) is 14.4 Å². The van der Waals surface area contributed by atoms with Crippen LogP contribution in [-0.2, 0) is 18.4 Å². The van der Waals surface area contributed by atoms with E-state index in [1.165, 1.54) is 14.2 Å². The Balaban J connectivity index is 2.33. The molecule has 2 rings (SSSR count). The molecule has 1 aromatic heterocycles. The number of hydrogen-bond donors (Lipinski definition) is 0. The number of aryl methyl sites for hydroxylation is 1. The van der Waals surface area contributed by atoms with E-state index < -0.39 is 0 Å². The van der Waals surface area contributed by atoms with Crippen molar-refractivity contribution in [3.63, 3.8) is 0 Å². The lowest BCUT2D eigenvalue weighted by Gasteiger charge is -2.32. The van der Waals surface area contributed by atoms with E-state index in [9.17, 15) is 9.59 Å². The largest absolute Gasteiger partial charge is 0.496 e. The molecule has 1 atom stereocenters. The molecule has 0 saturated heterocycles. The van der Waals surface area contributed by atoms with Crippen molar-refractivity contribution in [3.05, 3.63) is 47.8 Å². The van der Waals surface area contributed by atoms with E-state index in [2.05, 4.69) is 6.92 Å². The van der Waals surface area contributed by atoms with Gasteiger partial charge in [0.1, 0.15) is 23.6 Å². The Hall–Kier alpha value is -2.96. The first-order chi connectivity index (χ1) is 15.4. The highest BCUT2D eigenvalue weighted by Crippen LogP contribution is 2.30. The average Bonchev–Trinajstić information content (AvgIpc) is 3.22. The molecule has 0 aliphatic rings. The van der Waals surface area contributed by atoms with Crippen molar-refractivity contribution < 1.29 is 19.1 Å². The van der Waals surface area contributed by atoms with Crippen LogP contribution in [0.2, 0.25) is 0 Å². The molecule has 0 radical (unpaired) electrons. The van der Waals surface area contributed by atoms with Crippen molar-refractivity contribution in [2.45, 2.75) is 52.6 Å². The average molecular weight is 444 g/mol. The van der Waals surface area contributed by atoms with E-state index in [0.717, 1.165) is 25.0 Å². The van der Waals surface area contributed by atoms with Gasteiger partial charge in [-0.25, -0.2) is 0 Å². The molecule has 0 saturated carbocycles. The van der Waals surface area contributed by atoms with Crippen LogP contribution < -0.4 is 9.47 Å². The van der Waals surface area contributed by atoms with Gasteiger partial charge in [-0.3, -0.25) is 9.59 Å². The second-order valence-corrected chi connectivity index (χ2v) is 8.01. The number of amides is 2. The van der Waals surface area contributed by atoms with E-state index in [1.54, 1.807) is 23.1 Å². The van der Waals surface area contributed by atoms with E-state index in [1.807, 2.05) is 48.7 Å². The van der Waals surface area contributed by atoms with Gasteiger partial charge in [0.25, 0.3) is 5.91 Å². The summed E-state index contributed by atoms with van der Waals surface area (Å²) in [5, 5.41) is 0. The SMILES string of the molecule is CCCCN(Cc1cccn1C)C(=O)CN(C(=O)c1c(OC)cccc1OC)C(C)CC. The topological polar surface area (TPSA) is 64.0 Å². The van der Waals surface area contributed by atoms with E-state index in [4.69, 9.17) is 9.47 Å². The van der Waals surface area contributed by atoms with Crippen molar-refractivity contribution in [3.8, 4) is 11.5 Å². The predicted molar refractivity (Wildman–Crippen MR) is 126 cm³/mol. The zero-order valence-electron chi connectivity index (χ0n) is 20.3.